The molecular formula is C23H26N2O5. The van der Waals surface area contributed by atoms with Crippen molar-refractivity contribution in [1.29, 1.82) is 0 Å². The van der Waals surface area contributed by atoms with Crippen molar-refractivity contribution in [1.82, 2.24) is 10.6 Å². The zero-order valence-electron chi connectivity index (χ0n) is 16.9. The first kappa shape index (κ1) is 21.5. The average molecular weight is 410 g/mol. The molecule has 2 saturated heterocycles. The Labute approximate surface area is 175 Å². The molecule has 3 N–H and O–H groups in total. The minimum Gasteiger partial charge on any atom is -0.465 e. The van der Waals surface area contributed by atoms with E-state index in [4.69, 9.17) is 5.11 Å². The molecule has 0 aromatic heterocycles. The number of methoxy groups -OCH3 is 1. The molecule has 158 valence electrons. The molecule has 2 amide bonds. The van der Waals surface area contributed by atoms with Crippen molar-refractivity contribution >= 4 is 17.8 Å². The number of esters is 1. The summed E-state index contributed by atoms with van der Waals surface area (Å²) < 4.78 is 4.61. The Morgan fingerprint density at radius 2 is 1.37 bits per heavy atom. The molecule has 30 heavy (non-hydrogen) atoms. The second kappa shape index (κ2) is 10.0. The van der Waals surface area contributed by atoms with Crippen molar-refractivity contribution in [3.05, 3.63) is 70.8 Å². The first-order valence-corrected chi connectivity index (χ1v) is 9.97. The van der Waals surface area contributed by atoms with Crippen LogP contribution in [0, 0.1) is 0 Å². The Bertz CT molecular complexity index is 893. The molecule has 0 aliphatic carbocycles. The molecule has 2 unspecified atom stereocenters. The Morgan fingerprint density at radius 1 is 0.900 bits per heavy atom. The lowest BCUT2D eigenvalue weighted by molar-refractivity contribution is -0.120. The minimum absolute atomic E-state index is 0.0668. The van der Waals surface area contributed by atoms with Crippen LogP contribution in [0.3, 0.4) is 0 Å². The number of hydrogen-bond acceptors (Lipinski definition) is 5. The van der Waals surface area contributed by atoms with Gasteiger partial charge in [-0.2, -0.15) is 0 Å². The quantitative estimate of drug-likeness (QED) is 0.672. The fourth-order valence-electron chi connectivity index (χ4n) is 3.55. The summed E-state index contributed by atoms with van der Waals surface area (Å²) in [6.45, 7) is 0.0668. The van der Waals surface area contributed by atoms with E-state index in [1.54, 1.807) is 12.1 Å². The van der Waals surface area contributed by atoms with Gasteiger partial charge >= 0.3 is 5.97 Å². The van der Waals surface area contributed by atoms with Gasteiger partial charge in [-0.1, -0.05) is 36.4 Å². The van der Waals surface area contributed by atoms with Crippen LogP contribution < -0.4 is 10.6 Å². The third kappa shape index (κ3) is 5.45. The molecule has 2 aromatic carbocycles. The van der Waals surface area contributed by atoms with Crippen molar-refractivity contribution < 1.29 is 24.2 Å². The van der Waals surface area contributed by atoms with E-state index in [2.05, 4.69) is 15.4 Å². The van der Waals surface area contributed by atoms with E-state index in [1.165, 1.54) is 7.11 Å². The molecule has 0 bridgehead atoms. The molecule has 2 aliphatic heterocycles. The van der Waals surface area contributed by atoms with Crippen molar-refractivity contribution in [2.45, 2.75) is 44.4 Å². The number of rotatable bonds is 4. The van der Waals surface area contributed by atoms with E-state index in [0.717, 1.165) is 29.5 Å². The Hall–Kier alpha value is -3.19. The number of amides is 2. The summed E-state index contributed by atoms with van der Waals surface area (Å²) in [5.41, 5.74) is 3.57. The molecule has 2 atom stereocenters. The monoisotopic (exact) mass is 410 g/mol. The standard InChI is InChI=1S/C12H13NO3.C11H13NO2/c1-16-12(15)9-4-2-8(3-5-9)10-6-7-11(14)13-10;13-7-8-1-3-9(4-2-8)10-5-6-11(14)12-10/h2-5,10H,6-7H2,1H3,(H,13,14);1-4,10,13H,5-7H2,(H,12,14). The van der Waals surface area contributed by atoms with E-state index in [9.17, 15) is 14.4 Å². The maximum atomic E-state index is 11.2. The van der Waals surface area contributed by atoms with Gasteiger partial charge in [-0.15, -0.1) is 0 Å². The van der Waals surface area contributed by atoms with Gasteiger partial charge in [0, 0.05) is 12.8 Å². The summed E-state index contributed by atoms with van der Waals surface area (Å²) in [5, 5.41) is 14.7. The van der Waals surface area contributed by atoms with Crippen LogP contribution in [0.5, 0.6) is 0 Å². The zero-order valence-corrected chi connectivity index (χ0v) is 16.9. The number of aliphatic hydroxyl groups excluding tert-OH is 1. The van der Waals surface area contributed by atoms with Crippen LogP contribution in [0.1, 0.15) is 64.8 Å². The lowest BCUT2D eigenvalue weighted by atomic mass is 10.0. The van der Waals surface area contributed by atoms with E-state index in [0.29, 0.717) is 18.4 Å². The summed E-state index contributed by atoms with van der Waals surface area (Å²) in [4.78, 5) is 33.3. The lowest BCUT2D eigenvalue weighted by Crippen LogP contribution is -2.18. The molecule has 2 aromatic rings. The second-order valence-corrected chi connectivity index (χ2v) is 7.33. The molecule has 4 rings (SSSR count). The third-order valence-corrected chi connectivity index (χ3v) is 5.29. The third-order valence-electron chi connectivity index (χ3n) is 5.29. The van der Waals surface area contributed by atoms with Gasteiger partial charge in [-0.3, -0.25) is 9.59 Å². The van der Waals surface area contributed by atoms with Crippen molar-refractivity contribution in [3.63, 3.8) is 0 Å². The SMILES string of the molecule is COC(=O)c1ccc(C2CCC(=O)N2)cc1.O=C1CCC(c2ccc(CO)cc2)N1. The highest BCUT2D eigenvalue weighted by Gasteiger charge is 2.22. The zero-order chi connectivity index (χ0) is 21.5. The predicted molar refractivity (Wildman–Crippen MR) is 110 cm³/mol. The fraction of sp³-hybridized carbons (Fsp3) is 0.348. The normalized spacial score (nSPS) is 20.1. The van der Waals surface area contributed by atoms with Crippen LogP contribution in [0.2, 0.25) is 0 Å². The number of hydrogen-bond donors (Lipinski definition) is 3. The van der Waals surface area contributed by atoms with Crippen LogP contribution in [0.4, 0.5) is 0 Å². The topological polar surface area (TPSA) is 105 Å². The summed E-state index contributed by atoms with van der Waals surface area (Å²) in [6, 6.07) is 15.1. The van der Waals surface area contributed by atoms with Crippen LogP contribution in [0.25, 0.3) is 0 Å². The molecule has 2 heterocycles. The smallest absolute Gasteiger partial charge is 0.337 e. The van der Waals surface area contributed by atoms with Gasteiger partial charge in [0.05, 0.1) is 31.4 Å². The number of aliphatic hydroxyl groups is 1. The van der Waals surface area contributed by atoms with E-state index in [1.807, 2.05) is 36.4 Å². The summed E-state index contributed by atoms with van der Waals surface area (Å²) >= 11 is 0. The molecule has 2 fully saturated rings. The maximum Gasteiger partial charge on any atom is 0.337 e. The largest absolute Gasteiger partial charge is 0.465 e. The fourth-order valence-corrected chi connectivity index (χ4v) is 3.55. The number of nitrogens with one attached hydrogen (secondary N) is 2. The second-order valence-electron chi connectivity index (χ2n) is 7.33. The van der Waals surface area contributed by atoms with Gasteiger partial charge in [0.1, 0.15) is 0 Å². The number of ether oxygens (including phenoxy) is 1. The summed E-state index contributed by atoms with van der Waals surface area (Å²) in [5.74, 6) is -0.134. The first-order valence-electron chi connectivity index (χ1n) is 9.97. The van der Waals surface area contributed by atoms with Crippen molar-refractivity contribution in [2.24, 2.45) is 0 Å². The molecule has 0 spiro atoms. The van der Waals surface area contributed by atoms with Crippen LogP contribution >= 0.6 is 0 Å². The van der Waals surface area contributed by atoms with Crippen molar-refractivity contribution in [3.8, 4) is 0 Å². The van der Waals surface area contributed by atoms with Crippen LogP contribution in [-0.2, 0) is 20.9 Å². The molecule has 0 saturated carbocycles. The minimum atomic E-state index is -0.345. The highest BCUT2D eigenvalue weighted by molar-refractivity contribution is 5.89. The van der Waals surface area contributed by atoms with Crippen molar-refractivity contribution in [2.75, 3.05) is 7.11 Å². The molecule has 0 radical (unpaired) electrons. The Balaban J connectivity index is 0.000000172. The van der Waals surface area contributed by atoms with Gasteiger partial charge in [-0.25, -0.2) is 4.79 Å². The number of carbonyl (C=O) groups is 3. The first-order chi connectivity index (χ1) is 14.5. The van der Waals surface area contributed by atoms with Gasteiger partial charge in [0.25, 0.3) is 0 Å². The highest BCUT2D eigenvalue weighted by atomic mass is 16.5. The van der Waals surface area contributed by atoms with Crippen LogP contribution in [-0.4, -0.2) is 30.0 Å². The average Bonchev–Trinajstić information content (AvgIpc) is 3.42. The van der Waals surface area contributed by atoms with Gasteiger partial charge in [0.2, 0.25) is 11.8 Å². The number of carbonyl (C=O) groups excluding carboxylic acids is 3. The number of benzene rings is 2. The lowest BCUT2D eigenvalue weighted by Gasteiger charge is -2.10. The molecular weight excluding hydrogens is 384 g/mol. The molecule has 7 nitrogen and oxygen atoms in total. The van der Waals surface area contributed by atoms with E-state index < -0.39 is 0 Å². The van der Waals surface area contributed by atoms with Gasteiger partial charge in [0.15, 0.2) is 0 Å². The predicted octanol–water partition coefficient (Wildman–Crippen LogP) is 2.55. The summed E-state index contributed by atoms with van der Waals surface area (Å²) in [7, 11) is 1.35. The summed E-state index contributed by atoms with van der Waals surface area (Å²) in [6.07, 6.45) is 2.88. The van der Waals surface area contributed by atoms with Crippen LogP contribution in [0.15, 0.2) is 48.5 Å². The Morgan fingerprint density at radius 3 is 1.73 bits per heavy atom. The molecule has 2 aliphatic rings. The van der Waals surface area contributed by atoms with E-state index >= 15 is 0 Å². The van der Waals surface area contributed by atoms with Gasteiger partial charge in [-0.05, 0) is 41.7 Å². The van der Waals surface area contributed by atoms with Gasteiger partial charge < -0.3 is 20.5 Å². The maximum absolute atomic E-state index is 11.2. The highest BCUT2D eigenvalue weighted by Crippen LogP contribution is 2.24. The van der Waals surface area contributed by atoms with E-state index in [-0.39, 0.29) is 36.5 Å². The Kier molecular flexibility index (Phi) is 7.19. The molecule has 7 heteroatoms.